The van der Waals surface area contributed by atoms with Gasteiger partial charge in [-0.3, -0.25) is 4.79 Å². The minimum absolute atomic E-state index is 0.209. The lowest BCUT2D eigenvalue weighted by molar-refractivity contribution is -0.128. The summed E-state index contributed by atoms with van der Waals surface area (Å²) in [7, 11) is 0. The Morgan fingerprint density at radius 2 is 1.67 bits per heavy atom. The monoisotopic (exact) mass is 460 g/mol. The van der Waals surface area contributed by atoms with E-state index in [2.05, 4.69) is 60.1 Å². The van der Waals surface area contributed by atoms with Crippen LogP contribution in [0.4, 0.5) is 5.82 Å². The van der Waals surface area contributed by atoms with E-state index in [0.29, 0.717) is 5.75 Å². The lowest BCUT2D eigenvalue weighted by Crippen LogP contribution is -2.36. The van der Waals surface area contributed by atoms with E-state index >= 15 is 0 Å². The van der Waals surface area contributed by atoms with Gasteiger partial charge in [-0.05, 0) is 44.9 Å². The van der Waals surface area contributed by atoms with E-state index in [4.69, 9.17) is 4.98 Å². The highest BCUT2D eigenvalue weighted by molar-refractivity contribution is 8.00. The molecule has 1 aromatic heterocycles. The van der Waals surface area contributed by atoms with Crippen LogP contribution in [-0.4, -0.2) is 52.7 Å². The number of carbonyl (C=O) groups excluding carboxylic acids is 1. The van der Waals surface area contributed by atoms with E-state index < -0.39 is 0 Å². The molecule has 0 aliphatic carbocycles. The second-order valence-electron chi connectivity index (χ2n) is 8.64. The molecule has 0 saturated carbocycles. The van der Waals surface area contributed by atoms with Gasteiger partial charge in [-0.25, -0.2) is 9.97 Å². The quantitative estimate of drug-likeness (QED) is 0.494. The zero-order valence-corrected chi connectivity index (χ0v) is 20.6. The van der Waals surface area contributed by atoms with Crippen molar-refractivity contribution in [2.24, 2.45) is 0 Å². The van der Waals surface area contributed by atoms with Crippen molar-refractivity contribution in [3.8, 4) is 0 Å². The van der Waals surface area contributed by atoms with Crippen LogP contribution < -0.4 is 4.90 Å². The van der Waals surface area contributed by atoms with Gasteiger partial charge in [0.15, 0.2) is 0 Å². The summed E-state index contributed by atoms with van der Waals surface area (Å²) in [5, 5.41) is 0. The van der Waals surface area contributed by atoms with Gasteiger partial charge in [0.05, 0.1) is 5.75 Å². The van der Waals surface area contributed by atoms with Crippen LogP contribution >= 0.6 is 11.8 Å². The summed E-state index contributed by atoms with van der Waals surface area (Å²) in [6, 6.07) is 18.8. The van der Waals surface area contributed by atoms with Gasteiger partial charge in [0.25, 0.3) is 0 Å². The number of aromatic nitrogens is 2. The molecular weight excluding hydrogens is 428 g/mol. The molecule has 1 fully saturated rings. The van der Waals surface area contributed by atoms with E-state index in [1.54, 1.807) is 11.8 Å². The van der Waals surface area contributed by atoms with E-state index in [0.717, 1.165) is 61.3 Å². The first kappa shape index (κ1) is 23.3. The van der Waals surface area contributed by atoms with Crippen LogP contribution in [0.3, 0.4) is 0 Å². The Kier molecular flexibility index (Phi) is 7.65. The van der Waals surface area contributed by atoms with E-state index in [1.165, 1.54) is 16.7 Å². The average molecular weight is 461 g/mol. The molecular formula is C27H32N4OS. The van der Waals surface area contributed by atoms with Crippen LogP contribution in [-0.2, 0) is 11.2 Å². The Hall–Kier alpha value is -2.86. The molecule has 1 aliphatic rings. The third kappa shape index (κ3) is 6.14. The van der Waals surface area contributed by atoms with Crippen molar-refractivity contribution in [2.45, 2.75) is 38.5 Å². The molecule has 0 spiro atoms. The van der Waals surface area contributed by atoms with E-state index in [1.807, 2.05) is 30.0 Å². The first-order valence-electron chi connectivity index (χ1n) is 11.6. The van der Waals surface area contributed by atoms with Gasteiger partial charge in [-0.1, -0.05) is 48.0 Å². The summed E-state index contributed by atoms with van der Waals surface area (Å²) < 4.78 is 0. The molecule has 1 amide bonds. The van der Waals surface area contributed by atoms with Crippen LogP contribution in [0.5, 0.6) is 0 Å². The van der Waals surface area contributed by atoms with Crippen molar-refractivity contribution >= 4 is 23.5 Å². The minimum atomic E-state index is 0.209. The van der Waals surface area contributed by atoms with Crippen LogP contribution in [0.1, 0.15) is 34.6 Å². The third-order valence-electron chi connectivity index (χ3n) is 6.06. The van der Waals surface area contributed by atoms with Gasteiger partial charge in [-0.2, -0.15) is 0 Å². The molecule has 1 saturated heterocycles. The summed E-state index contributed by atoms with van der Waals surface area (Å²) in [4.78, 5) is 27.9. The molecule has 5 nitrogen and oxygen atoms in total. The number of hydrogen-bond donors (Lipinski definition) is 0. The van der Waals surface area contributed by atoms with Crippen LogP contribution in [0, 0.1) is 20.8 Å². The molecule has 0 bridgehead atoms. The summed E-state index contributed by atoms with van der Waals surface area (Å²) in [5.74, 6) is 2.51. The highest BCUT2D eigenvalue weighted by Gasteiger charge is 2.23. The Morgan fingerprint density at radius 3 is 2.42 bits per heavy atom. The zero-order valence-electron chi connectivity index (χ0n) is 19.8. The fourth-order valence-corrected chi connectivity index (χ4v) is 5.05. The number of benzene rings is 2. The fraction of sp³-hybridized carbons (Fsp3) is 0.370. The largest absolute Gasteiger partial charge is 0.354 e. The Balaban J connectivity index is 1.46. The molecule has 0 radical (unpaired) electrons. The second kappa shape index (κ2) is 10.8. The molecule has 0 N–H and O–H groups in total. The van der Waals surface area contributed by atoms with Gasteiger partial charge in [-0.15, -0.1) is 11.8 Å². The van der Waals surface area contributed by atoms with Crippen LogP contribution in [0.2, 0.25) is 0 Å². The Morgan fingerprint density at radius 1 is 0.909 bits per heavy atom. The maximum atomic E-state index is 12.9. The summed E-state index contributed by atoms with van der Waals surface area (Å²) in [6.07, 6.45) is 1.75. The van der Waals surface area contributed by atoms with Crippen molar-refractivity contribution in [3.63, 3.8) is 0 Å². The highest BCUT2D eigenvalue weighted by atomic mass is 32.2. The predicted octanol–water partition coefficient (Wildman–Crippen LogP) is 4.82. The molecule has 4 rings (SSSR count). The first-order chi connectivity index (χ1) is 16.0. The summed E-state index contributed by atoms with van der Waals surface area (Å²) in [6.45, 7) is 9.35. The summed E-state index contributed by atoms with van der Waals surface area (Å²) in [5.41, 5.74) is 4.75. The Labute approximate surface area is 201 Å². The zero-order chi connectivity index (χ0) is 23.2. The van der Waals surface area contributed by atoms with Crippen molar-refractivity contribution < 1.29 is 4.79 Å². The first-order valence-corrected chi connectivity index (χ1v) is 12.6. The van der Waals surface area contributed by atoms with Crippen LogP contribution in [0.25, 0.3) is 0 Å². The van der Waals surface area contributed by atoms with E-state index in [-0.39, 0.29) is 5.91 Å². The number of carbonyl (C=O) groups is 1. The summed E-state index contributed by atoms with van der Waals surface area (Å²) >= 11 is 1.61. The Bertz CT molecular complexity index is 1090. The molecule has 0 atom stereocenters. The van der Waals surface area contributed by atoms with Gasteiger partial charge < -0.3 is 9.80 Å². The number of aryl methyl sites for hydroxylation is 3. The van der Waals surface area contributed by atoms with Crippen molar-refractivity contribution in [1.82, 2.24) is 14.9 Å². The number of thioether (sulfide) groups is 1. The number of amides is 1. The number of rotatable bonds is 6. The smallest absolute Gasteiger partial charge is 0.232 e. The minimum Gasteiger partial charge on any atom is -0.354 e. The normalized spacial score (nSPS) is 14.3. The maximum absolute atomic E-state index is 12.9. The molecule has 6 heteroatoms. The SMILES string of the molecule is Cc1ccc(Cc2c(C)nc(C)nc2N2CCCN(C(=O)CSc3ccccc3)CC2)cc1. The van der Waals surface area contributed by atoms with Gasteiger partial charge >= 0.3 is 0 Å². The highest BCUT2D eigenvalue weighted by Crippen LogP contribution is 2.26. The van der Waals surface area contributed by atoms with Gasteiger partial charge in [0.2, 0.25) is 5.91 Å². The predicted molar refractivity (Wildman–Crippen MR) is 136 cm³/mol. The molecule has 1 aliphatic heterocycles. The van der Waals surface area contributed by atoms with E-state index in [9.17, 15) is 4.79 Å². The average Bonchev–Trinajstić information content (AvgIpc) is 3.07. The van der Waals surface area contributed by atoms with Crippen molar-refractivity contribution in [1.29, 1.82) is 0 Å². The number of nitrogens with zero attached hydrogens (tertiary/aromatic N) is 4. The molecule has 2 aromatic carbocycles. The maximum Gasteiger partial charge on any atom is 0.232 e. The molecule has 2 heterocycles. The molecule has 172 valence electrons. The molecule has 33 heavy (non-hydrogen) atoms. The van der Waals surface area contributed by atoms with Crippen LogP contribution in [0.15, 0.2) is 59.5 Å². The molecule has 0 unspecified atom stereocenters. The van der Waals surface area contributed by atoms with Crippen molar-refractivity contribution in [2.75, 3.05) is 36.8 Å². The second-order valence-corrected chi connectivity index (χ2v) is 9.69. The molecule has 3 aromatic rings. The van der Waals surface area contributed by atoms with Gasteiger partial charge in [0, 0.05) is 48.8 Å². The lowest BCUT2D eigenvalue weighted by atomic mass is 10.0. The standard InChI is InChI=1S/C27H32N4OS/c1-20-10-12-23(13-11-20)18-25-21(2)28-22(3)29-27(25)31-15-7-14-30(16-17-31)26(32)19-33-24-8-5-4-6-9-24/h4-6,8-13H,7,14-19H2,1-3H3. The van der Waals surface area contributed by atoms with Gasteiger partial charge in [0.1, 0.15) is 11.6 Å². The fourth-order valence-electron chi connectivity index (χ4n) is 4.23. The lowest BCUT2D eigenvalue weighted by Gasteiger charge is -2.26. The third-order valence-corrected chi connectivity index (χ3v) is 7.06. The van der Waals surface area contributed by atoms with Crippen molar-refractivity contribution in [3.05, 3.63) is 82.8 Å². The number of anilines is 1. The number of hydrogen-bond acceptors (Lipinski definition) is 5. The topological polar surface area (TPSA) is 49.3 Å².